The Labute approximate surface area is 468 Å². The highest BCUT2D eigenvalue weighted by Crippen LogP contribution is 2.63. The van der Waals surface area contributed by atoms with Crippen molar-refractivity contribution in [3.8, 4) is 22.3 Å². The Morgan fingerprint density at radius 2 is 0.718 bits per heavy atom. The average Bonchev–Trinajstić information content (AvgIpc) is 3.64. The summed E-state index contributed by atoms with van der Waals surface area (Å²) in [4.78, 5) is 2.54. The van der Waals surface area contributed by atoms with Crippen LogP contribution in [0.3, 0.4) is 0 Å². The molecule has 0 saturated carbocycles. The Hall–Kier alpha value is -7.09. The fraction of sp³-hybridized carbons (Fsp3) is 0.280. The van der Waals surface area contributed by atoms with Crippen LogP contribution in [0, 0.1) is 13.8 Å². The molecule has 2 heterocycles. The summed E-state index contributed by atoms with van der Waals surface area (Å²) in [5.41, 5.74) is 33.8. The van der Waals surface area contributed by atoms with E-state index in [2.05, 4.69) is 278 Å². The molecular weight excluding hydrogens is 936 g/mol. The molecule has 0 N–H and O–H groups in total. The van der Waals surface area contributed by atoms with Gasteiger partial charge in [0.1, 0.15) is 0 Å². The molecule has 0 amide bonds. The predicted octanol–water partition coefficient (Wildman–Crippen LogP) is 16.2. The van der Waals surface area contributed by atoms with Crippen molar-refractivity contribution in [2.45, 2.75) is 138 Å². The van der Waals surface area contributed by atoms with Gasteiger partial charge in [-0.1, -0.05) is 279 Å². The number of hydrogen-bond acceptors (Lipinski definition) is 1. The van der Waals surface area contributed by atoms with Crippen molar-refractivity contribution >= 4 is 63.3 Å². The molecule has 1 spiro atoms. The van der Waals surface area contributed by atoms with Gasteiger partial charge in [-0.05, 0) is 152 Å². The van der Waals surface area contributed by atoms with E-state index in [-0.39, 0.29) is 13.4 Å². The predicted molar refractivity (Wildman–Crippen MR) is 340 cm³/mol. The molecule has 0 aromatic heterocycles. The van der Waals surface area contributed by atoms with E-state index in [0.29, 0.717) is 35.5 Å². The fourth-order valence-corrected chi connectivity index (χ4v) is 14.4. The lowest BCUT2D eigenvalue weighted by Crippen LogP contribution is -2.76. The van der Waals surface area contributed by atoms with Crippen LogP contribution in [0.4, 0.5) is 17.1 Å². The molecule has 78 heavy (non-hydrogen) atoms. The number of hydrogen-bond donors (Lipinski definition) is 0. The van der Waals surface area contributed by atoms with Crippen molar-refractivity contribution in [3.05, 3.63) is 243 Å². The van der Waals surface area contributed by atoms with Crippen molar-refractivity contribution in [3.63, 3.8) is 0 Å². The molecule has 9 aromatic rings. The minimum atomic E-state index is -0.454. The van der Waals surface area contributed by atoms with Gasteiger partial charge in [-0.25, -0.2) is 0 Å². The lowest BCUT2D eigenvalue weighted by molar-refractivity contribution is 0.750. The van der Waals surface area contributed by atoms with E-state index in [1.54, 1.807) is 0 Å². The molecule has 0 atom stereocenters. The molecule has 3 heteroatoms. The number of fused-ring (bicyclic) bond motifs is 11. The summed E-state index contributed by atoms with van der Waals surface area (Å²) >= 11 is 0. The van der Waals surface area contributed by atoms with Gasteiger partial charge in [-0.15, -0.1) is 0 Å². The lowest BCUT2D eigenvalue weighted by atomic mass is 9.20. The van der Waals surface area contributed by atoms with E-state index in [1.807, 2.05) is 0 Å². The number of benzene rings is 9. The van der Waals surface area contributed by atoms with Crippen LogP contribution in [0.25, 0.3) is 22.3 Å². The van der Waals surface area contributed by atoms with E-state index < -0.39 is 5.41 Å². The van der Waals surface area contributed by atoms with Crippen molar-refractivity contribution in [1.82, 2.24) is 0 Å². The van der Waals surface area contributed by atoms with Crippen LogP contribution in [0.1, 0.15) is 185 Å². The van der Waals surface area contributed by atoms with Crippen LogP contribution >= 0.6 is 0 Å². The molecule has 1 nitrogen and oxygen atoms in total. The third-order valence-electron chi connectivity index (χ3n) is 18.3. The largest absolute Gasteiger partial charge is 0.310 e. The minimum absolute atomic E-state index is 0.0639. The highest BCUT2D eigenvalue weighted by molar-refractivity contribution is 7.11. The first kappa shape index (κ1) is 51.7. The van der Waals surface area contributed by atoms with Crippen molar-refractivity contribution in [1.29, 1.82) is 0 Å². The smallest absolute Gasteiger partial charge is 0.240 e. The molecule has 388 valence electrons. The Bertz CT molecular complexity index is 3650. The van der Waals surface area contributed by atoms with Gasteiger partial charge >= 0.3 is 0 Å². The summed E-state index contributed by atoms with van der Waals surface area (Å²) in [7, 11) is 0. The van der Waals surface area contributed by atoms with Gasteiger partial charge in [0, 0.05) is 5.69 Å². The van der Waals surface area contributed by atoms with E-state index in [1.165, 1.54) is 133 Å². The lowest BCUT2D eigenvalue weighted by Gasteiger charge is -2.45. The van der Waals surface area contributed by atoms with Crippen molar-refractivity contribution in [2.24, 2.45) is 0 Å². The zero-order valence-electron chi connectivity index (χ0n) is 48.8. The first-order valence-corrected chi connectivity index (χ1v) is 29.4. The van der Waals surface area contributed by atoms with Crippen LogP contribution in [0.5, 0.6) is 0 Å². The summed E-state index contributed by atoms with van der Waals surface area (Å²) in [5, 5.41) is 0. The highest BCUT2D eigenvalue weighted by Gasteiger charge is 2.52. The zero-order chi connectivity index (χ0) is 54.6. The Balaban J connectivity index is 1.07. The number of rotatable bonds is 10. The van der Waals surface area contributed by atoms with Crippen molar-refractivity contribution < 1.29 is 0 Å². The third-order valence-corrected chi connectivity index (χ3v) is 18.3. The second kappa shape index (κ2) is 19.7. The maximum Gasteiger partial charge on any atom is 0.240 e. The summed E-state index contributed by atoms with van der Waals surface area (Å²) in [6.45, 7) is 33.4. The van der Waals surface area contributed by atoms with Gasteiger partial charge < -0.3 is 4.90 Å². The van der Waals surface area contributed by atoms with Gasteiger partial charge in [0.25, 0.3) is 0 Å². The van der Waals surface area contributed by atoms with E-state index >= 15 is 0 Å². The van der Waals surface area contributed by atoms with Crippen LogP contribution in [-0.2, 0) is 5.41 Å². The summed E-state index contributed by atoms with van der Waals surface area (Å²) in [6.07, 6.45) is 0. The fourth-order valence-electron chi connectivity index (χ4n) is 14.4. The number of anilines is 3. The Kier molecular flexibility index (Phi) is 13.0. The van der Waals surface area contributed by atoms with E-state index in [4.69, 9.17) is 0 Å². The van der Waals surface area contributed by atoms with Crippen molar-refractivity contribution in [2.75, 3.05) is 4.90 Å². The Morgan fingerprint density at radius 1 is 0.333 bits per heavy atom. The average molecular weight is 1010 g/mol. The SMILES string of the molecule is Cc1ccc2c(c1)C1(c3ccccc3-c3ccccc31)c1cc(C)ccc1N2c1ccc(-c2ccc3c(c2)B(c2c(C(C)C)cc(C(C)C)cc2C(C)C)c2ccccc2B3c2c(C(C)C)cc(C(C)C)cc2C(C)C)cc1. The molecule has 0 radical (unpaired) electrons. The molecule has 0 unspecified atom stereocenters. The quantitative estimate of drug-likeness (QED) is 0.123. The maximum absolute atomic E-state index is 2.62. The number of nitrogens with zero attached hydrogens (tertiary/aromatic N) is 1. The van der Waals surface area contributed by atoms with Gasteiger partial charge in [0.15, 0.2) is 0 Å². The first-order chi connectivity index (χ1) is 37.5. The first-order valence-electron chi connectivity index (χ1n) is 29.4. The highest BCUT2D eigenvalue weighted by atomic mass is 15.2. The molecule has 1 aliphatic carbocycles. The topological polar surface area (TPSA) is 3.24 Å². The number of aryl methyl sites for hydroxylation is 2. The molecule has 12 rings (SSSR count). The van der Waals surface area contributed by atoms with Gasteiger partial charge in [-0.3, -0.25) is 0 Å². The molecule has 0 fully saturated rings. The molecular formula is C75H77B2N. The van der Waals surface area contributed by atoms with Crippen LogP contribution in [-0.4, -0.2) is 13.4 Å². The molecule has 0 bridgehead atoms. The van der Waals surface area contributed by atoms with Gasteiger partial charge in [0.2, 0.25) is 13.4 Å². The standard InChI is InChI=1S/C75H77B2N/c1-44(2)54-39-59(46(5)6)73(60(40-54)47(7)8)76-67-25-19-20-26-68(67)77(74-61(48(9)10)41-55(45(3)4)42-62(74)49(11)12)70-43-53(31-34-69(70)76)52-29-32-56(33-30-52)78-71-35-27-50(13)37-65(71)75(66-38-51(14)28-36-72(66)78)63-23-17-15-21-57(63)58-22-16-18-24-64(58)75/h15-49H,1-14H3. The zero-order valence-corrected chi connectivity index (χ0v) is 48.8. The van der Waals surface area contributed by atoms with Gasteiger partial charge in [0.05, 0.1) is 16.8 Å². The second-order valence-corrected chi connectivity index (χ2v) is 25.3. The van der Waals surface area contributed by atoms with Crippen LogP contribution in [0.15, 0.2) is 176 Å². The van der Waals surface area contributed by atoms with Crippen LogP contribution < -0.4 is 37.7 Å². The normalized spacial score (nSPS) is 14.0. The van der Waals surface area contributed by atoms with Crippen LogP contribution in [0.2, 0.25) is 0 Å². The Morgan fingerprint density at radius 3 is 1.14 bits per heavy atom. The molecule has 2 aliphatic heterocycles. The summed E-state index contributed by atoms with van der Waals surface area (Å²) in [5.74, 6) is 2.34. The second-order valence-electron chi connectivity index (χ2n) is 25.3. The van der Waals surface area contributed by atoms with E-state index in [9.17, 15) is 0 Å². The van der Waals surface area contributed by atoms with E-state index in [0.717, 1.165) is 5.69 Å². The summed E-state index contributed by atoms with van der Waals surface area (Å²) in [6, 6.07) is 69.5. The van der Waals surface area contributed by atoms with Gasteiger partial charge in [-0.2, -0.15) is 0 Å². The third kappa shape index (κ3) is 8.03. The maximum atomic E-state index is 2.62. The summed E-state index contributed by atoms with van der Waals surface area (Å²) < 4.78 is 0. The molecule has 0 saturated heterocycles. The molecule has 9 aromatic carbocycles. The molecule has 3 aliphatic rings. The minimum Gasteiger partial charge on any atom is -0.310 e. The monoisotopic (exact) mass is 1010 g/mol.